The summed E-state index contributed by atoms with van der Waals surface area (Å²) < 4.78 is 0. The van der Waals surface area contributed by atoms with E-state index >= 15 is 0 Å². The van der Waals surface area contributed by atoms with Crippen molar-refractivity contribution in [2.24, 2.45) is 0 Å². The van der Waals surface area contributed by atoms with Crippen LogP contribution in [0.15, 0.2) is 6.20 Å². The predicted molar refractivity (Wildman–Crippen MR) is 65.3 cm³/mol. The van der Waals surface area contributed by atoms with E-state index < -0.39 is 0 Å². The Morgan fingerprint density at radius 1 is 1.57 bits per heavy atom. The molecule has 1 aliphatic rings. The maximum atomic E-state index is 9.39. The molecule has 0 aromatic carbocycles. The Morgan fingerprint density at radius 3 is 3.00 bits per heavy atom. The van der Waals surface area contributed by atoms with Crippen LogP contribution >= 0.6 is 34.9 Å². The summed E-state index contributed by atoms with van der Waals surface area (Å²) >= 11 is 5.64. The highest BCUT2D eigenvalue weighted by atomic mass is 32.2. The molecule has 1 aromatic rings. The zero-order valence-electron chi connectivity index (χ0n) is 7.97. The predicted octanol–water partition coefficient (Wildman–Crippen LogP) is 2.72. The van der Waals surface area contributed by atoms with Gasteiger partial charge in [-0.15, -0.1) is 23.1 Å². The third-order valence-corrected chi connectivity index (χ3v) is 6.24. The average Bonchev–Trinajstić information content (AvgIpc) is 2.68. The Morgan fingerprint density at radius 2 is 2.43 bits per heavy atom. The van der Waals surface area contributed by atoms with Crippen molar-refractivity contribution in [3.63, 3.8) is 0 Å². The van der Waals surface area contributed by atoms with Gasteiger partial charge in [0.1, 0.15) is 5.01 Å². The van der Waals surface area contributed by atoms with E-state index in [0.717, 1.165) is 10.6 Å². The Labute approximate surface area is 96.5 Å². The Bertz CT molecular complexity index is 294. The van der Waals surface area contributed by atoms with Gasteiger partial charge in [-0.2, -0.15) is 11.8 Å². The van der Waals surface area contributed by atoms with Crippen LogP contribution in [0.2, 0.25) is 0 Å². The molecule has 0 saturated carbocycles. The molecule has 2 nitrogen and oxygen atoms in total. The molecule has 1 saturated heterocycles. The van der Waals surface area contributed by atoms with Crippen molar-refractivity contribution < 1.29 is 5.11 Å². The van der Waals surface area contributed by atoms with Crippen molar-refractivity contribution in [2.75, 3.05) is 17.3 Å². The van der Waals surface area contributed by atoms with Gasteiger partial charge in [0, 0.05) is 23.5 Å². The summed E-state index contributed by atoms with van der Waals surface area (Å²) in [5.74, 6) is 3.64. The fourth-order valence-electron chi connectivity index (χ4n) is 1.27. The molecule has 5 heteroatoms. The SMILES string of the molecule is CC(O)c1cnc(C2CSCCS2)s1. The number of thioether (sulfide) groups is 2. The van der Waals surface area contributed by atoms with Crippen molar-refractivity contribution >= 4 is 34.9 Å². The van der Waals surface area contributed by atoms with Gasteiger partial charge in [-0.25, -0.2) is 4.98 Å². The highest BCUT2D eigenvalue weighted by Crippen LogP contribution is 2.39. The van der Waals surface area contributed by atoms with Crippen molar-refractivity contribution in [1.29, 1.82) is 0 Å². The molecule has 2 heterocycles. The van der Waals surface area contributed by atoms with Crippen LogP contribution in [0.1, 0.15) is 28.2 Å². The average molecular weight is 247 g/mol. The normalized spacial score (nSPS) is 24.9. The number of aliphatic hydroxyl groups excluding tert-OH is 1. The number of hydrogen-bond acceptors (Lipinski definition) is 5. The lowest BCUT2D eigenvalue weighted by Crippen LogP contribution is -2.05. The van der Waals surface area contributed by atoms with Crippen LogP contribution in [0.5, 0.6) is 0 Å². The van der Waals surface area contributed by atoms with Crippen LogP contribution < -0.4 is 0 Å². The smallest absolute Gasteiger partial charge is 0.107 e. The largest absolute Gasteiger partial charge is 0.388 e. The van der Waals surface area contributed by atoms with Gasteiger partial charge in [-0.3, -0.25) is 0 Å². The number of aliphatic hydroxyl groups is 1. The van der Waals surface area contributed by atoms with E-state index in [1.807, 2.05) is 29.7 Å². The van der Waals surface area contributed by atoms with Gasteiger partial charge < -0.3 is 5.11 Å². The Kier molecular flexibility index (Phi) is 3.76. The summed E-state index contributed by atoms with van der Waals surface area (Å²) in [5.41, 5.74) is 0. The van der Waals surface area contributed by atoms with Gasteiger partial charge in [-0.05, 0) is 6.92 Å². The van der Waals surface area contributed by atoms with Gasteiger partial charge in [0.05, 0.1) is 16.2 Å². The second kappa shape index (κ2) is 4.88. The first-order valence-electron chi connectivity index (χ1n) is 4.60. The van der Waals surface area contributed by atoms with E-state index in [1.54, 1.807) is 18.3 Å². The zero-order chi connectivity index (χ0) is 9.97. The van der Waals surface area contributed by atoms with Gasteiger partial charge in [0.2, 0.25) is 0 Å². The molecule has 1 fully saturated rings. The standard InChI is InChI=1S/C9H13NOS3/c1-6(11)7-4-10-9(14-7)8-5-12-2-3-13-8/h4,6,8,11H,2-3,5H2,1H3. The maximum Gasteiger partial charge on any atom is 0.107 e. The molecular weight excluding hydrogens is 234 g/mol. The number of thiazole rings is 1. The lowest BCUT2D eigenvalue weighted by molar-refractivity contribution is 0.203. The summed E-state index contributed by atoms with van der Waals surface area (Å²) in [6.45, 7) is 1.79. The topological polar surface area (TPSA) is 33.1 Å². The van der Waals surface area contributed by atoms with E-state index in [9.17, 15) is 5.11 Å². The van der Waals surface area contributed by atoms with Crippen LogP contribution in [0, 0.1) is 0 Å². The lowest BCUT2D eigenvalue weighted by atomic mass is 10.4. The van der Waals surface area contributed by atoms with Crippen molar-refractivity contribution in [1.82, 2.24) is 4.98 Å². The molecule has 0 radical (unpaired) electrons. The minimum Gasteiger partial charge on any atom is -0.388 e. The van der Waals surface area contributed by atoms with E-state index in [4.69, 9.17) is 0 Å². The van der Waals surface area contributed by atoms with E-state index in [0.29, 0.717) is 5.25 Å². The Hall–Kier alpha value is 0.290. The number of aromatic nitrogens is 1. The molecule has 2 unspecified atom stereocenters. The summed E-state index contributed by atoms with van der Waals surface area (Å²) in [4.78, 5) is 5.37. The molecule has 1 aliphatic heterocycles. The number of rotatable bonds is 2. The fourth-order valence-corrected chi connectivity index (χ4v) is 5.12. The van der Waals surface area contributed by atoms with Crippen molar-refractivity contribution in [3.05, 3.63) is 16.1 Å². The van der Waals surface area contributed by atoms with Crippen LogP contribution in [0.25, 0.3) is 0 Å². The molecule has 14 heavy (non-hydrogen) atoms. The molecule has 0 spiro atoms. The highest BCUT2D eigenvalue weighted by molar-refractivity contribution is 8.06. The third kappa shape index (κ3) is 2.45. The maximum absolute atomic E-state index is 9.39. The molecule has 2 rings (SSSR count). The Balaban J connectivity index is 2.07. The summed E-state index contributed by atoms with van der Waals surface area (Å²) in [6.07, 6.45) is 1.44. The fraction of sp³-hybridized carbons (Fsp3) is 0.667. The summed E-state index contributed by atoms with van der Waals surface area (Å²) in [7, 11) is 0. The van der Waals surface area contributed by atoms with Crippen molar-refractivity contribution in [3.8, 4) is 0 Å². The van der Waals surface area contributed by atoms with Crippen LogP contribution in [-0.4, -0.2) is 27.3 Å². The first-order valence-corrected chi connectivity index (χ1v) is 7.62. The number of hydrogen-bond donors (Lipinski definition) is 1. The second-order valence-corrected chi connectivity index (χ2v) is 6.77. The van der Waals surface area contributed by atoms with E-state index in [-0.39, 0.29) is 6.10 Å². The van der Waals surface area contributed by atoms with E-state index in [1.165, 1.54) is 16.5 Å². The second-order valence-electron chi connectivity index (χ2n) is 3.21. The molecule has 1 N–H and O–H groups in total. The molecule has 2 atom stereocenters. The molecule has 0 aliphatic carbocycles. The van der Waals surface area contributed by atoms with Crippen LogP contribution in [0.4, 0.5) is 0 Å². The monoisotopic (exact) mass is 247 g/mol. The quantitative estimate of drug-likeness (QED) is 0.871. The van der Waals surface area contributed by atoms with Gasteiger partial charge in [0.25, 0.3) is 0 Å². The molecule has 0 bridgehead atoms. The third-order valence-electron chi connectivity index (χ3n) is 2.04. The lowest BCUT2D eigenvalue weighted by Gasteiger charge is -2.18. The number of nitrogens with zero attached hydrogens (tertiary/aromatic N) is 1. The highest BCUT2D eigenvalue weighted by Gasteiger charge is 2.20. The molecule has 0 amide bonds. The van der Waals surface area contributed by atoms with Crippen molar-refractivity contribution in [2.45, 2.75) is 18.3 Å². The van der Waals surface area contributed by atoms with Crippen LogP contribution in [0.3, 0.4) is 0 Å². The minimum absolute atomic E-state index is 0.373. The first-order chi connectivity index (χ1) is 6.77. The first kappa shape index (κ1) is 10.8. The van der Waals surface area contributed by atoms with Crippen LogP contribution in [-0.2, 0) is 0 Å². The van der Waals surface area contributed by atoms with Gasteiger partial charge in [-0.1, -0.05) is 0 Å². The molecule has 78 valence electrons. The van der Waals surface area contributed by atoms with E-state index in [2.05, 4.69) is 4.98 Å². The zero-order valence-corrected chi connectivity index (χ0v) is 10.4. The molecule has 1 aromatic heterocycles. The van der Waals surface area contributed by atoms with Gasteiger partial charge >= 0.3 is 0 Å². The van der Waals surface area contributed by atoms with Gasteiger partial charge in [0.15, 0.2) is 0 Å². The summed E-state index contributed by atoms with van der Waals surface area (Å²) in [5, 5.41) is 11.1. The minimum atomic E-state index is -0.373. The molecular formula is C9H13NOS3. The summed E-state index contributed by atoms with van der Waals surface area (Å²) in [6, 6.07) is 0.